The van der Waals surface area contributed by atoms with Crippen molar-refractivity contribution in [1.82, 2.24) is 9.97 Å². The number of nitrogens with two attached hydrogens (primary N) is 1. The molecule has 1 atom stereocenters. The molecule has 0 spiro atoms. The number of carboxylic acids is 1. The molecule has 3 N–H and O–H groups in total. The summed E-state index contributed by atoms with van der Waals surface area (Å²) in [6, 6.07) is 10.8. The molecule has 1 heterocycles. The Morgan fingerprint density at radius 1 is 1.32 bits per heavy atom. The summed E-state index contributed by atoms with van der Waals surface area (Å²) in [6.07, 6.45) is 1.77. The van der Waals surface area contributed by atoms with E-state index in [9.17, 15) is 15.2 Å². The number of aliphatic carboxylic acids is 1. The molecular formula is C14H12N4O2S2. The number of benzene rings is 1. The van der Waals surface area contributed by atoms with Crippen LogP contribution in [0.4, 0.5) is 5.95 Å². The van der Waals surface area contributed by atoms with E-state index in [0.29, 0.717) is 10.6 Å². The highest BCUT2D eigenvalue weighted by Crippen LogP contribution is 2.38. The second-order valence-electron chi connectivity index (χ2n) is 4.13. The van der Waals surface area contributed by atoms with Crippen molar-refractivity contribution in [1.29, 1.82) is 5.26 Å². The number of thioether (sulfide) groups is 2. The van der Waals surface area contributed by atoms with Crippen LogP contribution in [0.1, 0.15) is 16.4 Å². The number of nitrogen functional groups attached to an aromatic ring is 1. The molecule has 22 heavy (non-hydrogen) atoms. The molecular weight excluding hydrogens is 320 g/mol. The molecule has 8 heteroatoms. The number of hydrogen-bond donors (Lipinski definition) is 2. The predicted molar refractivity (Wildman–Crippen MR) is 85.6 cm³/mol. The maximum Gasteiger partial charge on any atom is 0.321 e. The lowest BCUT2D eigenvalue weighted by molar-refractivity contribution is -0.136. The van der Waals surface area contributed by atoms with Crippen LogP contribution < -0.4 is 5.73 Å². The van der Waals surface area contributed by atoms with Gasteiger partial charge in [0.15, 0.2) is 0 Å². The van der Waals surface area contributed by atoms with E-state index in [1.165, 1.54) is 11.8 Å². The molecule has 0 aliphatic heterocycles. The van der Waals surface area contributed by atoms with Gasteiger partial charge in [-0.05, 0) is 11.8 Å². The number of hydrogen-bond acceptors (Lipinski definition) is 7. The molecule has 1 aromatic heterocycles. The van der Waals surface area contributed by atoms with E-state index < -0.39 is 11.2 Å². The van der Waals surface area contributed by atoms with Crippen molar-refractivity contribution in [2.24, 2.45) is 0 Å². The Bertz CT molecular complexity index is 732. The van der Waals surface area contributed by atoms with Gasteiger partial charge in [-0.15, -0.1) is 11.8 Å². The van der Waals surface area contributed by atoms with Gasteiger partial charge in [0.2, 0.25) is 5.95 Å². The first-order chi connectivity index (χ1) is 10.6. The Kier molecular flexibility index (Phi) is 5.25. The van der Waals surface area contributed by atoms with E-state index >= 15 is 0 Å². The van der Waals surface area contributed by atoms with Crippen molar-refractivity contribution in [3.63, 3.8) is 0 Å². The van der Waals surface area contributed by atoms with E-state index in [1.54, 1.807) is 30.5 Å². The van der Waals surface area contributed by atoms with Crippen LogP contribution in [-0.2, 0) is 4.79 Å². The van der Waals surface area contributed by atoms with Crippen LogP contribution in [0.5, 0.6) is 0 Å². The number of anilines is 1. The number of carbonyl (C=O) groups is 1. The first-order valence-corrected chi connectivity index (χ1v) is 8.23. The van der Waals surface area contributed by atoms with Crippen LogP contribution in [-0.4, -0.2) is 27.3 Å². The number of carboxylic acid groups (broad SMARTS) is 1. The fourth-order valence-corrected chi connectivity index (χ4v) is 3.39. The molecule has 112 valence electrons. The van der Waals surface area contributed by atoms with Crippen LogP contribution in [0.2, 0.25) is 0 Å². The average Bonchev–Trinajstić information content (AvgIpc) is 2.52. The van der Waals surface area contributed by atoms with Gasteiger partial charge in [0.1, 0.15) is 26.9 Å². The van der Waals surface area contributed by atoms with Gasteiger partial charge in [-0.1, -0.05) is 42.1 Å². The topological polar surface area (TPSA) is 113 Å². The van der Waals surface area contributed by atoms with Gasteiger partial charge in [0.05, 0.1) is 0 Å². The van der Waals surface area contributed by atoms with Gasteiger partial charge in [-0.3, -0.25) is 4.79 Å². The maximum absolute atomic E-state index is 11.6. The minimum Gasteiger partial charge on any atom is -0.480 e. The highest BCUT2D eigenvalue weighted by Gasteiger charge is 2.25. The molecule has 1 aromatic carbocycles. The fraction of sp³-hybridized carbons (Fsp3) is 0.143. The number of rotatable bonds is 5. The molecule has 0 aliphatic rings. The molecule has 2 aromatic rings. The van der Waals surface area contributed by atoms with E-state index in [2.05, 4.69) is 9.97 Å². The number of nitrogens with zero attached hydrogens (tertiary/aromatic N) is 3. The van der Waals surface area contributed by atoms with E-state index in [4.69, 9.17) is 5.73 Å². The molecule has 2 rings (SSSR count). The molecule has 0 fully saturated rings. The van der Waals surface area contributed by atoms with Crippen molar-refractivity contribution in [3.8, 4) is 6.07 Å². The van der Waals surface area contributed by atoms with Crippen LogP contribution in [0.25, 0.3) is 0 Å². The molecule has 0 unspecified atom stereocenters. The average molecular weight is 332 g/mol. The molecule has 0 aliphatic carbocycles. The summed E-state index contributed by atoms with van der Waals surface area (Å²) in [5.74, 6) is -0.994. The molecule has 0 radical (unpaired) electrons. The Balaban J connectivity index is 2.46. The second-order valence-corrected chi connectivity index (χ2v) is 6.02. The second kappa shape index (κ2) is 7.15. The van der Waals surface area contributed by atoms with Gasteiger partial charge in [0, 0.05) is 0 Å². The van der Waals surface area contributed by atoms with Crippen molar-refractivity contribution in [2.75, 3.05) is 12.0 Å². The fourth-order valence-electron chi connectivity index (χ4n) is 1.77. The Morgan fingerprint density at radius 3 is 2.50 bits per heavy atom. The predicted octanol–water partition coefficient (Wildman–Crippen LogP) is 2.57. The minimum atomic E-state index is -1.01. The SMILES string of the molecule is CSc1nc(N)nc(S[C@H](C(=O)O)c2ccccc2)c1C#N. The van der Waals surface area contributed by atoms with Crippen LogP contribution in [0, 0.1) is 11.3 Å². The summed E-state index contributed by atoms with van der Waals surface area (Å²) in [6.45, 7) is 0. The highest BCUT2D eigenvalue weighted by atomic mass is 32.2. The largest absolute Gasteiger partial charge is 0.480 e. The summed E-state index contributed by atoms with van der Waals surface area (Å²) in [4.78, 5) is 19.6. The van der Waals surface area contributed by atoms with Crippen molar-refractivity contribution < 1.29 is 9.90 Å². The zero-order valence-corrected chi connectivity index (χ0v) is 13.2. The third-order valence-electron chi connectivity index (χ3n) is 2.72. The van der Waals surface area contributed by atoms with E-state index in [1.807, 2.05) is 12.1 Å². The molecule has 0 amide bonds. The van der Waals surface area contributed by atoms with Gasteiger partial charge in [0.25, 0.3) is 0 Å². The Morgan fingerprint density at radius 2 is 1.95 bits per heavy atom. The summed E-state index contributed by atoms with van der Waals surface area (Å²) in [5, 5.41) is 18.6. The first-order valence-electron chi connectivity index (χ1n) is 6.12. The van der Waals surface area contributed by atoms with Gasteiger partial charge in [-0.2, -0.15) is 5.26 Å². The van der Waals surface area contributed by atoms with Gasteiger partial charge in [-0.25, -0.2) is 9.97 Å². The number of nitriles is 1. The highest BCUT2D eigenvalue weighted by molar-refractivity contribution is 8.00. The van der Waals surface area contributed by atoms with E-state index in [0.717, 1.165) is 11.8 Å². The first kappa shape index (κ1) is 16.1. The normalized spacial score (nSPS) is 11.6. The van der Waals surface area contributed by atoms with Crippen molar-refractivity contribution in [3.05, 3.63) is 41.5 Å². The quantitative estimate of drug-likeness (QED) is 0.634. The van der Waals surface area contributed by atoms with Crippen molar-refractivity contribution >= 4 is 35.4 Å². The van der Waals surface area contributed by atoms with E-state index in [-0.39, 0.29) is 16.5 Å². The zero-order valence-electron chi connectivity index (χ0n) is 11.6. The molecule has 0 bridgehead atoms. The van der Waals surface area contributed by atoms with Crippen LogP contribution >= 0.6 is 23.5 Å². The zero-order chi connectivity index (χ0) is 16.1. The smallest absolute Gasteiger partial charge is 0.321 e. The summed E-state index contributed by atoms with van der Waals surface area (Å²) < 4.78 is 0. The monoisotopic (exact) mass is 332 g/mol. The number of aromatic nitrogens is 2. The van der Waals surface area contributed by atoms with Gasteiger partial charge >= 0.3 is 5.97 Å². The lowest BCUT2D eigenvalue weighted by atomic mass is 10.1. The standard InChI is InChI=1S/C14H12N4O2S2/c1-21-11-9(7-15)12(18-14(16)17-11)22-10(13(19)20)8-5-3-2-4-6-8/h2-6,10H,1H3,(H,19,20)(H2,16,17,18)/t10-/m0/s1. The molecule has 0 saturated carbocycles. The lowest BCUT2D eigenvalue weighted by Gasteiger charge is -2.13. The molecule has 6 nitrogen and oxygen atoms in total. The third kappa shape index (κ3) is 3.50. The summed E-state index contributed by atoms with van der Waals surface area (Å²) in [7, 11) is 0. The molecule has 0 saturated heterocycles. The van der Waals surface area contributed by atoms with Crippen LogP contribution in [0.3, 0.4) is 0 Å². The van der Waals surface area contributed by atoms with Crippen LogP contribution in [0.15, 0.2) is 40.4 Å². The van der Waals surface area contributed by atoms with Crippen molar-refractivity contribution in [2.45, 2.75) is 15.3 Å². The summed E-state index contributed by atoms with van der Waals surface area (Å²) in [5.41, 5.74) is 6.51. The Hall–Kier alpha value is -2.24. The minimum absolute atomic E-state index is 0.0167. The Labute approximate surface area is 135 Å². The third-order valence-corrected chi connectivity index (χ3v) is 4.63. The maximum atomic E-state index is 11.6. The summed E-state index contributed by atoms with van der Waals surface area (Å²) >= 11 is 2.24. The van der Waals surface area contributed by atoms with Gasteiger partial charge < -0.3 is 10.8 Å². The lowest BCUT2D eigenvalue weighted by Crippen LogP contribution is -2.10.